The van der Waals surface area contributed by atoms with E-state index in [1.807, 2.05) is 0 Å². The molecule has 0 fully saturated rings. The highest BCUT2D eigenvalue weighted by Gasteiger charge is 2.10. The third-order valence-corrected chi connectivity index (χ3v) is 1.85. The molecule has 16 heavy (non-hydrogen) atoms. The van der Waals surface area contributed by atoms with Gasteiger partial charge in [0.1, 0.15) is 0 Å². The maximum atomic E-state index is 12.1. The number of rotatable bonds is 5. The van der Waals surface area contributed by atoms with Crippen LogP contribution in [0.15, 0.2) is 24.3 Å². The van der Waals surface area contributed by atoms with Gasteiger partial charge in [-0.2, -0.15) is 8.78 Å². The lowest BCUT2D eigenvalue weighted by molar-refractivity contribution is -0.0512. The molecule has 0 saturated carbocycles. The van der Waals surface area contributed by atoms with Gasteiger partial charge in [-0.15, -0.1) is 0 Å². The molecule has 1 aromatic carbocycles. The molecule has 2 N–H and O–H groups in total. The first-order valence-electron chi connectivity index (χ1n) is 4.67. The minimum Gasteiger partial charge on any atom is -0.493 e. The highest BCUT2D eigenvalue weighted by Crippen LogP contribution is 2.29. The quantitative estimate of drug-likeness (QED) is 0.842. The SMILES string of the molecule is COc1ccc(C=CCN)cc1OC(F)F. The van der Waals surface area contributed by atoms with Crippen molar-refractivity contribution in [2.24, 2.45) is 5.73 Å². The van der Waals surface area contributed by atoms with Crippen LogP contribution in [0.3, 0.4) is 0 Å². The van der Waals surface area contributed by atoms with Crippen molar-refractivity contribution in [3.8, 4) is 11.5 Å². The summed E-state index contributed by atoms with van der Waals surface area (Å²) < 4.78 is 33.4. The lowest BCUT2D eigenvalue weighted by atomic mass is 10.2. The van der Waals surface area contributed by atoms with Gasteiger partial charge in [0.2, 0.25) is 0 Å². The second-order valence-electron chi connectivity index (χ2n) is 2.93. The Balaban J connectivity index is 2.96. The second-order valence-corrected chi connectivity index (χ2v) is 2.93. The highest BCUT2D eigenvalue weighted by atomic mass is 19.3. The molecule has 0 aliphatic carbocycles. The van der Waals surface area contributed by atoms with Gasteiger partial charge in [0.05, 0.1) is 7.11 Å². The average Bonchev–Trinajstić information content (AvgIpc) is 2.26. The van der Waals surface area contributed by atoms with E-state index in [1.54, 1.807) is 24.3 Å². The molecule has 0 saturated heterocycles. The van der Waals surface area contributed by atoms with Crippen molar-refractivity contribution in [3.63, 3.8) is 0 Å². The Labute approximate surface area is 92.5 Å². The van der Waals surface area contributed by atoms with Crippen molar-refractivity contribution in [1.82, 2.24) is 0 Å². The van der Waals surface area contributed by atoms with Crippen LogP contribution in [-0.4, -0.2) is 20.3 Å². The van der Waals surface area contributed by atoms with Crippen LogP contribution in [0.1, 0.15) is 5.56 Å². The van der Waals surface area contributed by atoms with Crippen LogP contribution in [0.4, 0.5) is 8.78 Å². The molecule has 0 amide bonds. The van der Waals surface area contributed by atoms with Crippen LogP contribution >= 0.6 is 0 Å². The summed E-state index contributed by atoms with van der Waals surface area (Å²) in [6.07, 6.45) is 3.44. The summed E-state index contributed by atoms with van der Waals surface area (Å²) >= 11 is 0. The number of halogens is 2. The number of methoxy groups -OCH3 is 1. The summed E-state index contributed by atoms with van der Waals surface area (Å²) in [6, 6.07) is 4.76. The van der Waals surface area contributed by atoms with Gasteiger partial charge in [-0.1, -0.05) is 18.2 Å². The van der Waals surface area contributed by atoms with Crippen LogP contribution in [-0.2, 0) is 0 Å². The fourth-order valence-corrected chi connectivity index (χ4v) is 1.19. The molecular weight excluding hydrogens is 216 g/mol. The molecule has 0 aliphatic rings. The maximum absolute atomic E-state index is 12.1. The maximum Gasteiger partial charge on any atom is 0.387 e. The molecule has 0 radical (unpaired) electrons. The van der Waals surface area contributed by atoms with Gasteiger partial charge in [-0.05, 0) is 17.7 Å². The van der Waals surface area contributed by atoms with E-state index in [0.29, 0.717) is 6.54 Å². The van der Waals surface area contributed by atoms with E-state index < -0.39 is 6.61 Å². The lowest BCUT2D eigenvalue weighted by Crippen LogP contribution is -2.03. The molecule has 0 aromatic heterocycles. The topological polar surface area (TPSA) is 44.5 Å². The predicted octanol–water partition coefficient (Wildman–Crippen LogP) is 2.27. The number of benzene rings is 1. The van der Waals surface area contributed by atoms with Gasteiger partial charge in [-0.3, -0.25) is 0 Å². The van der Waals surface area contributed by atoms with Gasteiger partial charge in [0.15, 0.2) is 11.5 Å². The van der Waals surface area contributed by atoms with Crippen molar-refractivity contribution < 1.29 is 18.3 Å². The molecule has 0 spiro atoms. The summed E-state index contributed by atoms with van der Waals surface area (Å²) in [4.78, 5) is 0. The lowest BCUT2D eigenvalue weighted by Gasteiger charge is -2.10. The summed E-state index contributed by atoms with van der Waals surface area (Å²) in [7, 11) is 1.39. The Hall–Kier alpha value is -1.62. The number of nitrogens with two attached hydrogens (primary N) is 1. The van der Waals surface area contributed by atoms with E-state index in [-0.39, 0.29) is 11.5 Å². The smallest absolute Gasteiger partial charge is 0.387 e. The Morgan fingerprint density at radius 1 is 1.38 bits per heavy atom. The molecule has 0 heterocycles. The van der Waals surface area contributed by atoms with Gasteiger partial charge >= 0.3 is 6.61 Å². The summed E-state index contributed by atoms with van der Waals surface area (Å²) in [5.74, 6) is 0.280. The van der Waals surface area contributed by atoms with Crippen molar-refractivity contribution in [1.29, 1.82) is 0 Å². The molecular formula is C11H13F2NO2. The molecule has 1 rings (SSSR count). The third-order valence-electron chi connectivity index (χ3n) is 1.85. The Morgan fingerprint density at radius 2 is 2.12 bits per heavy atom. The molecule has 5 heteroatoms. The van der Waals surface area contributed by atoms with Crippen molar-refractivity contribution in [2.45, 2.75) is 6.61 Å². The molecule has 0 unspecified atom stereocenters. The fourth-order valence-electron chi connectivity index (χ4n) is 1.19. The zero-order valence-electron chi connectivity index (χ0n) is 8.82. The normalized spacial score (nSPS) is 11.1. The van der Waals surface area contributed by atoms with Gasteiger partial charge in [-0.25, -0.2) is 0 Å². The molecule has 0 bridgehead atoms. The molecule has 88 valence electrons. The molecule has 3 nitrogen and oxygen atoms in total. The van der Waals surface area contributed by atoms with Gasteiger partial charge < -0.3 is 15.2 Å². The van der Waals surface area contributed by atoms with E-state index in [1.165, 1.54) is 13.2 Å². The van der Waals surface area contributed by atoms with Gasteiger partial charge in [0.25, 0.3) is 0 Å². The zero-order valence-corrected chi connectivity index (χ0v) is 8.82. The van der Waals surface area contributed by atoms with Crippen LogP contribution in [0.2, 0.25) is 0 Å². The van der Waals surface area contributed by atoms with Crippen molar-refractivity contribution in [3.05, 3.63) is 29.8 Å². The molecule has 0 atom stereocenters. The van der Waals surface area contributed by atoms with Crippen molar-refractivity contribution in [2.75, 3.05) is 13.7 Å². The van der Waals surface area contributed by atoms with E-state index >= 15 is 0 Å². The van der Waals surface area contributed by atoms with Crippen LogP contribution < -0.4 is 15.2 Å². The Bertz CT molecular complexity index is 367. The van der Waals surface area contributed by atoms with E-state index in [0.717, 1.165) is 5.56 Å². The minimum atomic E-state index is -2.87. The monoisotopic (exact) mass is 229 g/mol. The fraction of sp³-hybridized carbons (Fsp3) is 0.273. The number of alkyl halides is 2. The van der Waals surface area contributed by atoms with Crippen LogP contribution in [0, 0.1) is 0 Å². The zero-order chi connectivity index (χ0) is 12.0. The first-order valence-corrected chi connectivity index (χ1v) is 4.67. The first-order chi connectivity index (χ1) is 7.67. The number of hydrogen-bond acceptors (Lipinski definition) is 3. The van der Waals surface area contributed by atoms with E-state index in [9.17, 15) is 8.78 Å². The highest BCUT2D eigenvalue weighted by molar-refractivity contribution is 5.55. The summed E-state index contributed by atoms with van der Waals surface area (Å²) in [5, 5.41) is 0. The van der Waals surface area contributed by atoms with Gasteiger partial charge in [0, 0.05) is 6.54 Å². The summed E-state index contributed by atoms with van der Waals surface area (Å²) in [6.45, 7) is -2.49. The standard InChI is InChI=1S/C11H13F2NO2/c1-15-9-5-4-8(3-2-6-14)7-10(9)16-11(12)13/h2-5,7,11H,6,14H2,1H3. The first kappa shape index (κ1) is 12.4. The van der Waals surface area contributed by atoms with Crippen LogP contribution in [0.25, 0.3) is 6.08 Å². The Kier molecular flexibility index (Phi) is 4.72. The number of hydrogen-bond donors (Lipinski definition) is 1. The van der Waals surface area contributed by atoms with Crippen molar-refractivity contribution >= 4 is 6.08 Å². The third kappa shape index (κ3) is 3.51. The number of ether oxygens (including phenoxy) is 2. The minimum absolute atomic E-state index is 0.0108. The Morgan fingerprint density at radius 3 is 2.69 bits per heavy atom. The summed E-state index contributed by atoms with van der Waals surface area (Å²) in [5.41, 5.74) is 6.01. The van der Waals surface area contributed by atoms with Crippen LogP contribution in [0.5, 0.6) is 11.5 Å². The van der Waals surface area contributed by atoms with E-state index in [4.69, 9.17) is 10.5 Å². The van der Waals surface area contributed by atoms with E-state index in [2.05, 4.69) is 4.74 Å². The largest absolute Gasteiger partial charge is 0.493 e. The predicted molar refractivity (Wildman–Crippen MR) is 57.7 cm³/mol. The second kappa shape index (κ2) is 6.07. The molecule has 1 aromatic rings. The molecule has 0 aliphatic heterocycles. The average molecular weight is 229 g/mol.